The van der Waals surface area contributed by atoms with Gasteiger partial charge < -0.3 is 14.7 Å². The van der Waals surface area contributed by atoms with E-state index in [2.05, 4.69) is 47.3 Å². The molecule has 3 fully saturated rings. The second-order valence-electron chi connectivity index (χ2n) is 9.93. The molecule has 0 radical (unpaired) electrons. The monoisotopic (exact) mass is 392 g/mol. The fraction of sp³-hybridized carbons (Fsp3) is 0.957. The van der Waals surface area contributed by atoms with Gasteiger partial charge in [0.1, 0.15) is 0 Å². The Hall–Kier alpha value is -0.650. The maximum atomic E-state index is 12.9. The van der Waals surface area contributed by atoms with Crippen LogP contribution in [0.3, 0.4) is 0 Å². The molecule has 0 N–H and O–H groups in total. The molecule has 0 bridgehead atoms. The van der Waals surface area contributed by atoms with Gasteiger partial charge in [0.2, 0.25) is 5.91 Å². The van der Waals surface area contributed by atoms with Crippen molar-refractivity contribution >= 4 is 5.91 Å². The maximum Gasteiger partial charge on any atom is 0.225 e. The molecule has 3 aliphatic rings. The Labute approximate surface area is 173 Å². The van der Waals surface area contributed by atoms with Crippen molar-refractivity contribution in [1.82, 2.24) is 19.6 Å². The molecule has 0 saturated carbocycles. The highest BCUT2D eigenvalue weighted by Crippen LogP contribution is 2.26. The predicted octanol–water partition coefficient (Wildman–Crippen LogP) is 2.76. The second kappa shape index (κ2) is 10.4. The molecule has 0 unspecified atom stereocenters. The number of carbonyl (C=O) groups excluding carboxylic acids is 1. The molecule has 5 heteroatoms. The summed E-state index contributed by atoms with van der Waals surface area (Å²) in [5.41, 5.74) is 0. The minimum atomic E-state index is 0.281. The quantitative estimate of drug-likeness (QED) is 0.695. The van der Waals surface area contributed by atoms with Gasteiger partial charge in [0.15, 0.2) is 0 Å². The third-order valence-electron chi connectivity index (χ3n) is 7.53. The van der Waals surface area contributed by atoms with Crippen LogP contribution in [-0.4, -0.2) is 96.5 Å². The molecule has 0 atom stereocenters. The van der Waals surface area contributed by atoms with E-state index in [0.29, 0.717) is 18.0 Å². The molecule has 0 aromatic carbocycles. The zero-order valence-corrected chi connectivity index (χ0v) is 18.9. The van der Waals surface area contributed by atoms with E-state index < -0.39 is 0 Å². The molecule has 162 valence electrons. The van der Waals surface area contributed by atoms with Gasteiger partial charge in [-0.1, -0.05) is 0 Å². The van der Waals surface area contributed by atoms with Gasteiger partial charge in [-0.3, -0.25) is 9.69 Å². The summed E-state index contributed by atoms with van der Waals surface area (Å²) >= 11 is 0. The average molecular weight is 393 g/mol. The fourth-order valence-electron chi connectivity index (χ4n) is 5.23. The molecule has 3 aliphatic heterocycles. The van der Waals surface area contributed by atoms with Crippen LogP contribution >= 0.6 is 0 Å². The third-order valence-corrected chi connectivity index (χ3v) is 7.53. The van der Waals surface area contributed by atoms with Crippen LogP contribution in [0.25, 0.3) is 0 Å². The Morgan fingerprint density at radius 2 is 1.29 bits per heavy atom. The minimum Gasteiger partial charge on any atom is -0.342 e. The van der Waals surface area contributed by atoms with Crippen molar-refractivity contribution in [3.63, 3.8) is 0 Å². The number of hydrogen-bond donors (Lipinski definition) is 0. The highest BCUT2D eigenvalue weighted by molar-refractivity contribution is 5.79. The lowest BCUT2D eigenvalue weighted by atomic mass is 9.90. The molecule has 0 aromatic rings. The number of likely N-dealkylation sites (tertiary alicyclic amines) is 2. The first-order valence-corrected chi connectivity index (χ1v) is 11.9. The van der Waals surface area contributed by atoms with E-state index in [4.69, 9.17) is 0 Å². The Balaban J connectivity index is 1.32. The summed E-state index contributed by atoms with van der Waals surface area (Å²) < 4.78 is 0. The molecule has 28 heavy (non-hydrogen) atoms. The fourth-order valence-corrected chi connectivity index (χ4v) is 5.23. The smallest absolute Gasteiger partial charge is 0.225 e. The van der Waals surface area contributed by atoms with E-state index in [9.17, 15) is 4.79 Å². The number of rotatable bonds is 6. The van der Waals surface area contributed by atoms with Crippen LogP contribution in [0.5, 0.6) is 0 Å². The first-order chi connectivity index (χ1) is 13.4. The summed E-state index contributed by atoms with van der Waals surface area (Å²) in [4.78, 5) is 22.9. The van der Waals surface area contributed by atoms with Gasteiger partial charge in [0, 0.05) is 57.3 Å². The van der Waals surface area contributed by atoms with E-state index in [1.165, 1.54) is 52.0 Å². The Bertz CT molecular complexity index is 471. The number of carbonyl (C=O) groups is 1. The summed E-state index contributed by atoms with van der Waals surface area (Å²) in [6.07, 6.45) is 5.85. The maximum absolute atomic E-state index is 12.9. The van der Waals surface area contributed by atoms with Crippen LogP contribution in [0.15, 0.2) is 0 Å². The van der Waals surface area contributed by atoms with E-state index in [0.717, 1.165) is 44.9 Å². The van der Waals surface area contributed by atoms with Gasteiger partial charge in [-0.15, -0.1) is 0 Å². The number of piperazine rings is 1. The van der Waals surface area contributed by atoms with Crippen LogP contribution in [0.1, 0.15) is 59.8 Å². The molecule has 5 nitrogen and oxygen atoms in total. The lowest BCUT2D eigenvalue weighted by molar-refractivity contribution is -0.138. The molecule has 0 spiro atoms. The van der Waals surface area contributed by atoms with Crippen molar-refractivity contribution in [3.05, 3.63) is 0 Å². The average Bonchev–Trinajstić information content (AvgIpc) is 2.72. The van der Waals surface area contributed by atoms with Crippen LogP contribution in [0, 0.1) is 11.8 Å². The van der Waals surface area contributed by atoms with Gasteiger partial charge in [0.25, 0.3) is 0 Å². The minimum absolute atomic E-state index is 0.281. The molecule has 3 heterocycles. The molecule has 3 saturated heterocycles. The van der Waals surface area contributed by atoms with Crippen molar-refractivity contribution in [2.24, 2.45) is 11.8 Å². The van der Waals surface area contributed by atoms with Crippen molar-refractivity contribution in [1.29, 1.82) is 0 Å². The third kappa shape index (κ3) is 5.93. The second-order valence-corrected chi connectivity index (χ2v) is 9.93. The van der Waals surface area contributed by atoms with E-state index in [1.807, 2.05) is 0 Å². The normalized spacial score (nSPS) is 25.1. The summed E-state index contributed by atoms with van der Waals surface area (Å²) in [7, 11) is 0. The van der Waals surface area contributed by atoms with Crippen molar-refractivity contribution in [3.8, 4) is 0 Å². The lowest BCUT2D eigenvalue weighted by Crippen LogP contribution is -2.49. The number of hydrogen-bond acceptors (Lipinski definition) is 4. The number of piperidine rings is 2. The lowest BCUT2D eigenvalue weighted by Gasteiger charge is -2.39. The van der Waals surface area contributed by atoms with Gasteiger partial charge >= 0.3 is 0 Å². The van der Waals surface area contributed by atoms with Crippen LogP contribution in [-0.2, 0) is 4.79 Å². The highest BCUT2D eigenvalue weighted by atomic mass is 16.2. The molecular formula is C23H44N4O. The van der Waals surface area contributed by atoms with Gasteiger partial charge in [-0.2, -0.15) is 0 Å². The Morgan fingerprint density at radius 3 is 1.82 bits per heavy atom. The SMILES string of the molecule is CC(C)N1CCC(C(=O)N2CCC(CCN3CCN(C(C)C)CC3)CC2)CC1. The standard InChI is InChI=1S/C23H44N4O/c1-19(2)25-13-8-22(9-14-25)23(28)27-11-6-21(7-12-27)5-10-24-15-17-26(18-16-24)20(3)4/h19-22H,5-18H2,1-4H3. The number of nitrogens with zero attached hydrogens (tertiary/aromatic N) is 4. The Kier molecular flexibility index (Phi) is 8.19. The highest BCUT2D eigenvalue weighted by Gasteiger charge is 2.31. The largest absolute Gasteiger partial charge is 0.342 e. The summed E-state index contributed by atoms with van der Waals surface area (Å²) in [5.74, 6) is 1.55. The molecule has 3 rings (SSSR count). The van der Waals surface area contributed by atoms with Crippen molar-refractivity contribution in [2.45, 2.75) is 71.9 Å². The molecule has 0 aliphatic carbocycles. The first-order valence-electron chi connectivity index (χ1n) is 11.9. The molecular weight excluding hydrogens is 348 g/mol. The van der Waals surface area contributed by atoms with Crippen LogP contribution < -0.4 is 0 Å². The van der Waals surface area contributed by atoms with E-state index in [1.54, 1.807) is 0 Å². The van der Waals surface area contributed by atoms with Crippen LogP contribution in [0.4, 0.5) is 0 Å². The van der Waals surface area contributed by atoms with E-state index >= 15 is 0 Å². The summed E-state index contributed by atoms with van der Waals surface area (Å²) in [5, 5.41) is 0. The molecule has 1 amide bonds. The zero-order valence-electron chi connectivity index (χ0n) is 18.9. The predicted molar refractivity (Wildman–Crippen MR) is 117 cm³/mol. The molecule has 0 aromatic heterocycles. The van der Waals surface area contributed by atoms with Crippen molar-refractivity contribution in [2.75, 3.05) is 58.9 Å². The summed E-state index contributed by atoms with van der Waals surface area (Å²) in [6.45, 7) is 19.5. The van der Waals surface area contributed by atoms with Crippen LogP contribution in [0.2, 0.25) is 0 Å². The first kappa shape index (κ1) is 22.0. The zero-order chi connectivity index (χ0) is 20.1. The van der Waals surface area contributed by atoms with Gasteiger partial charge in [-0.05, 0) is 85.4 Å². The van der Waals surface area contributed by atoms with Gasteiger partial charge in [0.05, 0.1) is 0 Å². The Morgan fingerprint density at radius 1 is 0.750 bits per heavy atom. The van der Waals surface area contributed by atoms with Crippen molar-refractivity contribution < 1.29 is 4.79 Å². The summed E-state index contributed by atoms with van der Waals surface area (Å²) in [6, 6.07) is 1.29. The van der Waals surface area contributed by atoms with E-state index in [-0.39, 0.29) is 5.92 Å². The van der Waals surface area contributed by atoms with Gasteiger partial charge in [-0.25, -0.2) is 0 Å². The number of amides is 1. The topological polar surface area (TPSA) is 30.0 Å².